The Labute approximate surface area is 126 Å². The van der Waals surface area contributed by atoms with Gasteiger partial charge in [0.05, 0.1) is 14.2 Å². The van der Waals surface area contributed by atoms with Crippen LogP contribution in [0.25, 0.3) is 0 Å². The van der Waals surface area contributed by atoms with Gasteiger partial charge in [0.25, 0.3) is 5.91 Å². The van der Waals surface area contributed by atoms with Crippen molar-refractivity contribution in [2.45, 2.75) is 32.7 Å². The molecule has 0 radical (unpaired) electrons. The lowest BCUT2D eigenvalue weighted by atomic mass is 9.95. The van der Waals surface area contributed by atoms with E-state index in [-0.39, 0.29) is 11.9 Å². The summed E-state index contributed by atoms with van der Waals surface area (Å²) in [6, 6.07) is 5.20. The summed E-state index contributed by atoms with van der Waals surface area (Å²) in [4.78, 5) is 12.4. The Morgan fingerprint density at radius 2 is 1.71 bits per heavy atom. The summed E-state index contributed by atoms with van der Waals surface area (Å²) in [7, 11) is 3.06. The van der Waals surface area contributed by atoms with Crippen molar-refractivity contribution < 1.29 is 14.3 Å². The normalized spacial score (nSPS) is 12.1. The van der Waals surface area contributed by atoms with Gasteiger partial charge in [-0.3, -0.25) is 4.79 Å². The zero-order valence-electron chi connectivity index (χ0n) is 13.3. The lowest BCUT2D eigenvalue weighted by Crippen LogP contribution is -2.42. The van der Waals surface area contributed by atoms with Crippen molar-refractivity contribution in [2.24, 2.45) is 11.7 Å². The summed E-state index contributed by atoms with van der Waals surface area (Å²) < 4.78 is 10.5. The minimum absolute atomic E-state index is 0.0512. The highest BCUT2D eigenvalue weighted by Crippen LogP contribution is 2.27. The molecule has 0 saturated heterocycles. The van der Waals surface area contributed by atoms with Crippen molar-refractivity contribution in [3.05, 3.63) is 23.8 Å². The highest BCUT2D eigenvalue weighted by Gasteiger charge is 2.20. The first-order chi connectivity index (χ1) is 10.1. The number of nitrogens with two attached hydrogens (primary N) is 1. The lowest BCUT2D eigenvalue weighted by Gasteiger charge is -2.22. The topological polar surface area (TPSA) is 73.6 Å². The van der Waals surface area contributed by atoms with Crippen molar-refractivity contribution in [3.63, 3.8) is 0 Å². The maximum Gasteiger partial charge on any atom is 0.258 e. The second-order valence-corrected chi connectivity index (χ2v) is 4.99. The number of ether oxygens (including phenoxy) is 2. The van der Waals surface area contributed by atoms with Crippen LogP contribution in [0, 0.1) is 5.92 Å². The van der Waals surface area contributed by atoms with Crippen LogP contribution in [0.5, 0.6) is 11.5 Å². The average Bonchev–Trinajstić information content (AvgIpc) is 2.52. The Morgan fingerprint density at radius 3 is 2.14 bits per heavy atom. The van der Waals surface area contributed by atoms with Gasteiger partial charge in [0, 0.05) is 12.6 Å². The summed E-state index contributed by atoms with van der Waals surface area (Å²) in [6.07, 6.45) is 2.01. The Bertz CT molecular complexity index is 437. The van der Waals surface area contributed by atoms with E-state index in [2.05, 4.69) is 19.2 Å². The first-order valence-electron chi connectivity index (χ1n) is 7.33. The molecule has 1 aromatic rings. The van der Waals surface area contributed by atoms with Crippen molar-refractivity contribution in [1.82, 2.24) is 5.32 Å². The summed E-state index contributed by atoms with van der Waals surface area (Å²) in [5.74, 6) is 1.15. The quantitative estimate of drug-likeness (QED) is 0.771. The number of hydrogen-bond donors (Lipinski definition) is 2. The van der Waals surface area contributed by atoms with Crippen LogP contribution in [0.4, 0.5) is 0 Å². The van der Waals surface area contributed by atoms with Crippen LogP contribution < -0.4 is 20.5 Å². The number of amides is 1. The van der Waals surface area contributed by atoms with Gasteiger partial charge in [-0.05, 0) is 18.1 Å². The molecule has 118 valence electrons. The molecule has 0 bridgehead atoms. The molecular formula is C16H26N2O3. The van der Waals surface area contributed by atoms with Gasteiger partial charge in [0.2, 0.25) is 0 Å². The molecule has 1 amide bonds. The summed E-state index contributed by atoms with van der Waals surface area (Å²) in [5, 5.41) is 2.87. The fourth-order valence-electron chi connectivity index (χ4n) is 2.43. The molecule has 0 aliphatic rings. The fourth-order valence-corrected chi connectivity index (χ4v) is 2.43. The van der Waals surface area contributed by atoms with Gasteiger partial charge in [0.1, 0.15) is 17.1 Å². The van der Waals surface area contributed by atoms with Crippen molar-refractivity contribution in [3.8, 4) is 11.5 Å². The van der Waals surface area contributed by atoms with Crippen LogP contribution in [-0.2, 0) is 0 Å². The van der Waals surface area contributed by atoms with Crippen LogP contribution in [0.2, 0.25) is 0 Å². The third kappa shape index (κ3) is 4.36. The molecule has 5 heteroatoms. The van der Waals surface area contributed by atoms with Crippen molar-refractivity contribution in [2.75, 3.05) is 20.8 Å². The van der Waals surface area contributed by atoms with Crippen molar-refractivity contribution in [1.29, 1.82) is 0 Å². The second-order valence-electron chi connectivity index (χ2n) is 4.99. The molecular weight excluding hydrogens is 268 g/mol. The molecule has 1 rings (SSSR count). The second kappa shape index (κ2) is 8.52. The molecule has 0 aliphatic heterocycles. The smallest absolute Gasteiger partial charge is 0.258 e. The van der Waals surface area contributed by atoms with Gasteiger partial charge in [-0.1, -0.05) is 32.8 Å². The first-order valence-corrected chi connectivity index (χ1v) is 7.33. The molecule has 0 aliphatic carbocycles. The van der Waals surface area contributed by atoms with Crippen molar-refractivity contribution >= 4 is 5.91 Å². The number of hydrogen-bond acceptors (Lipinski definition) is 4. The zero-order chi connectivity index (χ0) is 15.8. The zero-order valence-corrected chi connectivity index (χ0v) is 13.3. The van der Waals surface area contributed by atoms with Crippen LogP contribution in [0.1, 0.15) is 37.0 Å². The molecule has 5 nitrogen and oxygen atoms in total. The van der Waals surface area contributed by atoms with Gasteiger partial charge in [-0.25, -0.2) is 0 Å². The maximum absolute atomic E-state index is 12.4. The van der Waals surface area contributed by atoms with Gasteiger partial charge < -0.3 is 20.5 Å². The average molecular weight is 294 g/mol. The maximum atomic E-state index is 12.4. The standard InChI is InChI=1S/C16H26N2O3/c1-5-11(6-2)12(17)10-18-16(19)15-13(20-3)8-7-9-14(15)21-4/h7-9,11-12H,5-6,10,17H2,1-4H3,(H,18,19). The van der Waals surface area contributed by atoms with E-state index in [9.17, 15) is 4.79 Å². The predicted octanol–water partition coefficient (Wildman–Crippen LogP) is 2.20. The predicted molar refractivity (Wildman–Crippen MR) is 83.9 cm³/mol. The third-order valence-corrected chi connectivity index (χ3v) is 3.81. The van der Waals surface area contributed by atoms with Gasteiger partial charge in [0.15, 0.2) is 0 Å². The van der Waals surface area contributed by atoms with Gasteiger partial charge >= 0.3 is 0 Å². The fraction of sp³-hybridized carbons (Fsp3) is 0.562. The van der Waals surface area contributed by atoms with Gasteiger partial charge in [-0.2, -0.15) is 0 Å². The molecule has 0 heterocycles. The molecule has 0 saturated carbocycles. The van der Waals surface area contributed by atoms with E-state index >= 15 is 0 Å². The number of methoxy groups -OCH3 is 2. The lowest BCUT2D eigenvalue weighted by molar-refractivity contribution is 0.0941. The highest BCUT2D eigenvalue weighted by atomic mass is 16.5. The van der Waals surface area contributed by atoms with Crippen LogP contribution in [-0.4, -0.2) is 32.7 Å². The van der Waals surface area contributed by atoms with Crippen LogP contribution in [0.15, 0.2) is 18.2 Å². The minimum Gasteiger partial charge on any atom is -0.496 e. The highest BCUT2D eigenvalue weighted by molar-refractivity contribution is 5.99. The number of carbonyl (C=O) groups is 1. The molecule has 0 fully saturated rings. The molecule has 1 unspecified atom stereocenters. The van der Waals surface area contributed by atoms with E-state index in [1.54, 1.807) is 18.2 Å². The van der Waals surface area contributed by atoms with E-state index in [0.29, 0.717) is 29.5 Å². The number of carbonyl (C=O) groups excluding carboxylic acids is 1. The van der Waals surface area contributed by atoms with E-state index < -0.39 is 0 Å². The van der Waals surface area contributed by atoms with E-state index in [0.717, 1.165) is 12.8 Å². The van der Waals surface area contributed by atoms with Gasteiger partial charge in [-0.15, -0.1) is 0 Å². The molecule has 1 aromatic carbocycles. The van der Waals surface area contributed by atoms with E-state index in [4.69, 9.17) is 15.2 Å². The van der Waals surface area contributed by atoms with E-state index in [1.807, 2.05) is 0 Å². The van der Waals surface area contributed by atoms with E-state index in [1.165, 1.54) is 14.2 Å². The Kier molecular flexibility index (Phi) is 7.02. The Balaban J connectivity index is 2.80. The summed E-state index contributed by atoms with van der Waals surface area (Å²) >= 11 is 0. The molecule has 3 N–H and O–H groups in total. The summed E-state index contributed by atoms with van der Waals surface area (Å²) in [5.41, 5.74) is 6.53. The SMILES string of the molecule is CCC(CC)C(N)CNC(=O)c1c(OC)cccc1OC. The molecule has 0 aromatic heterocycles. The first kappa shape index (κ1) is 17.3. The molecule has 21 heavy (non-hydrogen) atoms. The van der Waals surface area contributed by atoms with Crippen LogP contribution in [0.3, 0.4) is 0 Å². The number of benzene rings is 1. The van der Waals surface area contributed by atoms with Crippen LogP contribution >= 0.6 is 0 Å². The largest absolute Gasteiger partial charge is 0.496 e. The minimum atomic E-state index is -0.231. The number of nitrogens with one attached hydrogen (secondary N) is 1. The summed E-state index contributed by atoms with van der Waals surface area (Å²) in [6.45, 7) is 4.66. The Morgan fingerprint density at radius 1 is 1.19 bits per heavy atom. The molecule has 0 spiro atoms. The number of rotatable bonds is 8. The Hall–Kier alpha value is -1.75. The molecule has 1 atom stereocenters. The monoisotopic (exact) mass is 294 g/mol. The third-order valence-electron chi connectivity index (χ3n) is 3.81.